The molecule has 3 rings (SSSR count). The number of hydrogen-bond acceptors (Lipinski definition) is 4. The Balaban J connectivity index is 1.70. The van der Waals surface area contributed by atoms with Gasteiger partial charge in [0.15, 0.2) is 5.82 Å². The first kappa shape index (κ1) is 13.5. The Bertz CT molecular complexity index is 576. The van der Waals surface area contributed by atoms with E-state index in [0.717, 1.165) is 25.9 Å². The molecule has 1 fully saturated rings. The van der Waals surface area contributed by atoms with Crippen LogP contribution in [0.4, 0.5) is 4.39 Å². The van der Waals surface area contributed by atoms with Crippen LogP contribution >= 0.6 is 11.6 Å². The van der Waals surface area contributed by atoms with E-state index in [1.165, 1.54) is 6.07 Å². The van der Waals surface area contributed by atoms with Crippen LogP contribution in [0.2, 0.25) is 5.02 Å². The molecule has 1 aliphatic rings. The van der Waals surface area contributed by atoms with Crippen LogP contribution in [-0.4, -0.2) is 23.2 Å². The summed E-state index contributed by atoms with van der Waals surface area (Å²) in [5.74, 6) is 1.28. The van der Waals surface area contributed by atoms with Crippen molar-refractivity contribution < 1.29 is 8.91 Å². The van der Waals surface area contributed by atoms with Gasteiger partial charge in [-0.2, -0.15) is 4.98 Å². The van der Waals surface area contributed by atoms with Crippen LogP contribution in [0.15, 0.2) is 22.7 Å². The van der Waals surface area contributed by atoms with Crippen molar-refractivity contribution in [3.63, 3.8) is 0 Å². The number of halogens is 2. The highest BCUT2D eigenvalue weighted by atomic mass is 35.5. The van der Waals surface area contributed by atoms with E-state index in [4.69, 9.17) is 16.1 Å². The van der Waals surface area contributed by atoms with Gasteiger partial charge < -0.3 is 9.84 Å². The first-order valence-electron chi connectivity index (χ1n) is 6.67. The Morgan fingerprint density at radius 1 is 1.45 bits per heavy atom. The third-order valence-corrected chi connectivity index (χ3v) is 3.89. The molecule has 0 saturated carbocycles. The minimum atomic E-state index is -0.344. The van der Waals surface area contributed by atoms with Gasteiger partial charge in [-0.25, -0.2) is 4.39 Å². The number of rotatable bonds is 4. The average molecular weight is 296 g/mol. The number of nitrogens with one attached hydrogen (secondary N) is 1. The molecule has 2 heterocycles. The Morgan fingerprint density at radius 3 is 3.10 bits per heavy atom. The van der Waals surface area contributed by atoms with E-state index in [1.807, 2.05) is 0 Å². The van der Waals surface area contributed by atoms with Crippen molar-refractivity contribution in [2.24, 2.45) is 5.92 Å². The fraction of sp³-hybridized carbons (Fsp3) is 0.429. The summed E-state index contributed by atoms with van der Waals surface area (Å²) >= 11 is 5.99. The summed E-state index contributed by atoms with van der Waals surface area (Å²) < 4.78 is 18.9. The topological polar surface area (TPSA) is 51.0 Å². The van der Waals surface area contributed by atoms with Gasteiger partial charge in [-0.05, 0) is 37.6 Å². The predicted molar refractivity (Wildman–Crippen MR) is 73.2 cm³/mol. The van der Waals surface area contributed by atoms with E-state index in [-0.39, 0.29) is 12.2 Å². The summed E-state index contributed by atoms with van der Waals surface area (Å²) in [7, 11) is 0. The standard InChI is InChI=1S/C14H15ClFN3O/c15-11-2-1-3-12(16)10(11)7-13-18-14(20-19-13)6-9-4-5-17-8-9/h1-3,9,17H,4-8H2. The monoisotopic (exact) mass is 295 g/mol. The van der Waals surface area contributed by atoms with E-state index >= 15 is 0 Å². The quantitative estimate of drug-likeness (QED) is 0.942. The van der Waals surface area contributed by atoms with Crippen LogP contribution < -0.4 is 5.32 Å². The molecule has 1 aliphatic heterocycles. The lowest BCUT2D eigenvalue weighted by Crippen LogP contribution is -2.10. The molecule has 0 radical (unpaired) electrons. The Hall–Kier alpha value is -1.46. The molecule has 4 nitrogen and oxygen atoms in total. The minimum Gasteiger partial charge on any atom is -0.339 e. The number of benzene rings is 1. The van der Waals surface area contributed by atoms with E-state index in [0.29, 0.717) is 28.2 Å². The fourth-order valence-corrected chi connectivity index (χ4v) is 2.67. The van der Waals surface area contributed by atoms with Crippen molar-refractivity contribution in [3.05, 3.63) is 46.3 Å². The molecule has 0 aliphatic carbocycles. The molecular weight excluding hydrogens is 281 g/mol. The van der Waals surface area contributed by atoms with Crippen LogP contribution in [0.5, 0.6) is 0 Å². The molecule has 1 aromatic carbocycles. The van der Waals surface area contributed by atoms with Crippen molar-refractivity contribution >= 4 is 11.6 Å². The molecule has 106 valence electrons. The summed E-state index contributed by atoms with van der Waals surface area (Å²) in [4.78, 5) is 4.32. The summed E-state index contributed by atoms with van der Waals surface area (Å²) in [5, 5.41) is 7.59. The molecule has 1 atom stereocenters. The van der Waals surface area contributed by atoms with E-state index in [1.54, 1.807) is 12.1 Å². The van der Waals surface area contributed by atoms with E-state index in [9.17, 15) is 4.39 Å². The molecule has 0 bridgehead atoms. The van der Waals surface area contributed by atoms with Crippen molar-refractivity contribution in [1.29, 1.82) is 0 Å². The van der Waals surface area contributed by atoms with Gasteiger partial charge >= 0.3 is 0 Å². The van der Waals surface area contributed by atoms with E-state index in [2.05, 4.69) is 15.5 Å². The van der Waals surface area contributed by atoms with Crippen molar-refractivity contribution in [1.82, 2.24) is 15.5 Å². The van der Waals surface area contributed by atoms with Crippen molar-refractivity contribution in [2.75, 3.05) is 13.1 Å². The van der Waals surface area contributed by atoms with Crippen LogP contribution in [0, 0.1) is 11.7 Å². The van der Waals surface area contributed by atoms with E-state index < -0.39 is 0 Å². The second-order valence-corrected chi connectivity index (χ2v) is 5.45. The maximum atomic E-state index is 13.7. The van der Waals surface area contributed by atoms with Crippen molar-refractivity contribution in [3.8, 4) is 0 Å². The van der Waals surface area contributed by atoms with Gasteiger partial charge in [-0.1, -0.05) is 22.8 Å². The summed E-state index contributed by atoms with van der Waals surface area (Å²) in [5.41, 5.74) is 0.407. The zero-order valence-corrected chi connectivity index (χ0v) is 11.7. The molecule has 20 heavy (non-hydrogen) atoms. The Kier molecular flexibility index (Phi) is 3.98. The third-order valence-electron chi connectivity index (χ3n) is 3.53. The molecule has 0 spiro atoms. The highest BCUT2D eigenvalue weighted by Gasteiger charge is 2.19. The van der Waals surface area contributed by atoms with Gasteiger partial charge in [-0.15, -0.1) is 0 Å². The molecule has 6 heteroatoms. The minimum absolute atomic E-state index is 0.248. The third kappa shape index (κ3) is 2.99. The lowest BCUT2D eigenvalue weighted by Gasteiger charge is -2.02. The van der Waals surface area contributed by atoms with Crippen LogP contribution in [-0.2, 0) is 12.8 Å². The summed E-state index contributed by atoms with van der Waals surface area (Å²) in [6.07, 6.45) is 2.14. The predicted octanol–water partition coefficient (Wildman–Crippen LogP) is 2.60. The second kappa shape index (κ2) is 5.89. The van der Waals surface area contributed by atoms with Crippen molar-refractivity contribution in [2.45, 2.75) is 19.3 Å². The van der Waals surface area contributed by atoms with Gasteiger partial charge in [0.1, 0.15) is 5.82 Å². The second-order valence-electron chi connectivity index (χ2n) is 5.04. The number of nitrogens with zero attached hydrogens (tertiary/aromatic N) is 2. The first-order chi connectivity index (χ1) is 9.72. The fourth-order valence-electron chi connectivity index (χ4n) is 2.44. The van der Waals surface area contributed by atoms with Crippen LogP contribution in [0.3, 0.4) is 0 Å². The Morgan fingerprint density at radius 2 is 2.35 bits per heavy atom. The van der Waals surface area contributed by atoms with Gasteiger partial charge in [0.05, 0.1) is 0 Å². The lowest BCUT2D eigenvalue weighted by atomic mass is 10.1. The highest BCUT2D eigenvalue weighted by molar-refractivity contribution is 6.31. The maximum Gasteiger partial charge on any atom is 0.226 e. The largest absolute Gasteiger partial charge is 0.339 e. The van der Waals surface area contributed by atoms with Crippen LogP contribution in [0.1, 0.15) is 23.7 Å². The summed E-state index contributed by atoms with van der Waals surface area (Å²) in [6, 6.07) is 4.62. The average Bonchev–Trinajstić information content (AvgIpc) is 3.07. The maximum absolute atomic E-state index is 13.7. The Labute approximate surface area is 121 Å². The number of hydrogen-bond donors (Lipinski definition) is 1. The molecule has 2 aromatic rings. The SMILES string of the molecule is Fc1cccc(Cl)c1Cc1noc(CC2CCNC2)n1. The lowest BCUT2D eigenvalue weighted by molar-refractivity contribution is 0.354. The van der Waals surface area contributed by atoms with Gasteiger partial charge in [0.25, 0.3) is 0 Å². The normalized spacial score (nSPS) is 18.6. The molecule has 1 N–H and O–H groups in total. The molecule has 0 amide bonds. The van der Waals surface area contributed by atoms with Gasteiger partial charge in [0.2, 0.25) is 5.89 Å². The molecule has 1 saturated heterocycles. The smallest absolute Gasteiger partial charge is 0.226 e. The highest BCUT2D eigenvalue weighted by Crippen LogP contribution is 2.22. The van der Waals surface area contributed by atoms with Gasteiger partial charge in [0, 0.05) is 23.4 Å². The first-order valence-corrected chi connectivity index (χ1v) is 7.05. The summed E-state index contributed by atoms with van der Waals surface area (Å²) in [6.45, 7) is 2.02. The molecular formula is C14H15ClFN3O. The van der Waals surface area contributed by atoms with Crippen LogP contribution in [0.25, 0.3) is 0 Å². The zero-order valence-electron chi connectivity index (χ0n) is 10.9. The van der Waals surface area contributed by atoms with Gasteiger partial charge in [-0.3, -0.25) is 0 Å². The number of aromatic nitrogens is 2. The zero-order chi connectivity index (χ0) is 13.9. The molecule has 1 unspecified atom stereocenters. The molecule has 1 aromatic heterocycles.